The van der Waals surface area contributed by atoms with Crippen molar-refractivity contribution >= 4 is 5.91 Å². The van der Waals surface area contributed by atoms with Gasteiger partial charge in [-0.15, -0.1) is 0 Å². The molecule has 3 fully saturated rings. The van der Waals surface area contributed by atoms with Gasteiger partial charge in [0.1, 0.15) is 5.75 Å². The Morgan fingerprint density at radius 1 is 1.12 bits per heavy atom. The molecule has 1 saturated heterocycles. The first-order valence-electron chi connectivity index (χ1n) is 9.52. The molecule has 1 N–H and O–H groups in total. The summed E-state index contributed by atoms with van der Waals surface area (Å²) in [5.74, 6) is 1.69. The number of rotatable bonds is 4. The average molecular weight is 344 g/mol. The predicted molar refractivity (Wildman–Crippen MR) is 95.6 cm³/mol. The number of methoxy groups -OCH3 is 1. The minimum atomic E-state index is -0.176. The molecule has 136 valence electrons. The standard InChI is InChI=1S/C20H28N2O3/c1-25-15-7-5-14(6-8-15)16-13-17(16)20(24)22-11-9-21(10-12-22)18-3-2-4-19(18)23/h5-8,16-19,23H,2-4,9-13H2,1H3/t16-,17-,18+,19+/m0/s1. The average Bonchev–Trinajstić information content (AvgIpc) is 3.35. The van der Waals surface area contributed by atoms with Gasteiger partial charge in [-0.05, 0) is 49.3 Å². The van der Waals surface area contributed by atoms with Gasteiger partial charge < -0.3 is 14.7 Å². The summed E-state index contributed by atoms with van der Waals surface area (Å²) in [6.45, 7) is 3.39. The van der Waals surface area contributed by atoms with Crippen molar-refractivity contribution in [3.63, 3.8) is 0 Å². The van der Waals surface area contributed by atoms with Gasteiger partial charge in [0.15, 0.2) is 0 Å². The molecule has 25 heavy (non-hydrogen) atoms. The molecule has 4 atom stereocenters. The number of nitrogens with zero attached hydrogens (tertiary/aromatic N) is 2. The van der Waals surface area contributed by atoms with Gasteiger partial charge in [-0.25, -0.2) is 0 Å². The number of aliphatic hydroxyl groups is 1. The van der Waals surface area contributed by atoms with E-state index in [0.717, 1.165) is 57.6 Å². The van der Waals surface area contributed by atoms with Crippen LogP contribution in [-0.4, -0.2) is 66.2 Å². The monoisotopic (exact) mass is 344 g/mol. The molecule has 2 saturated carbocycles. The summed E-state index contributed by atoms with van der Waals surface area (Å²) in [7, 11) is 1.67. The molecule has 5 heteroatoms. The first kappa shape index (κ1) is 16.9. The second kappa shape index (κ2) is 6.96. The number of amides is 1. The Bertz CT molecular complexity index is 610. The highest BCUT2D eigenvalue weighted by molar-refractivity contribution is 5.83. The Kier molecular flexibility index (Phi) is 4.69. The van der Waals surface area contributed by atoms with E-state index in [2.05, 4.69) is 17.0 Å². The fraction of sp³-hybridized carbons (Fsp3) is 0.650. The Hall–Kier alpha value is -1.59. The minimum absolute atomic E-state index is 0.150. The zero-order valence-corrected chi connectivity index (χ0v) is 14.9. The van der Waals surface area contributed by atoms with E-state index in [1.807, 2.05) is 17.0 Å². The van der Waals surface area contributed by atoms with Gasteiger partial charge in [-0.1, -0.05) is 12.1 Å². The SMILES string of the molecule is COc1ccc([C@@H]2C[C@@H]2C(=O)N2CCN([C@@H]3CCC[C@H]3O)CC2)cc1. The van der Waals surface area contributed by atoms with Gasteiger partial charge in [-0.3, -0.25) is 9.69 Å². The van der Waals surface area contributed by atoms with Crippen LogP contribution in [0.3, 0.4) is 0 Å². The van der Waals surface area contributed by atoms with E-state index in [9.17, 15) is 9.90 Å². The maximum Gasteiger partial charge on any atom is 0.226 e. The Morgan fingerprint density at radius 3 is 2.44 bits per heavy atom. The smallest absolute Gasteiger partial charge is 0.226 e. The van der Waals surface area contributed by atoms with Crippen molar-refractivity contribution in [1.29, 1.82) is 0 Å². The van der Waals surface area contributed by atoms with Crippen LogP contribution in [0.4, 0.5) is 0 Å². The number of ether oxygens (including phenoxy) is 1. The third kappa shape index (κ3) is 3.40. The van der Waals surface area contributed by atoms with E-state index in [0.29, 0.717) is 17.9 Å². The lowest BCUT2D eigenvalue weighted by Gasteiger charge is -2.39. The zero-order valence-electron chi connectivity index (χ0n) is 14.9. The van der Waals surface area contributed by atoms with E-state index in [-0.39, 0.29) is 12.0 Å². The molecule has 1 heterocycles. The third-order valence-corrected chi connectivity index (χ3v) is 6.19. The molecule has 2 aliphatic carbocycles. The molecule has 0 radical (unpaired) electrons. The fourth-order valence-electron chi connectivity index (χ4n) is 4.54. The molecule has 1 aromatic carbocycles. The van der Waals surface area contributed by atoms with Crippen LogP contribution in [0.25, 0.3) is 0 Å². The summed E-state index contributed by atoms with van der Waals surface area (Å²) in [5.41, 5.74) is 1.24. The largest absolute Gasteiger partial charge is 0.497 e. The van der Waals surface area contributed by atoms with Gasteiger partial charge in [0.2, 0.25) is 5.91 Å². The Balaban J connectivity index is 1.29. The second-order valence-corrected chi connectivity index (χ2v) is 7.65. The molecule has 5 nitrogen and oxygen atoms in total. The number of aliphatic hydroxyl groups excluding tert-OH is 1. The van der Waals surface area contributed by atoms with Gasteiger partial charge in [0.25, 0.3) is 0 Å². The van der Waals surface area contributed by atoms with Gasteiger partial charge in [0.05, 0.1) is 13.2 Å². The summed E-state index contributed by atoms with van der Waals surface area (Å²) < 4.78 is 5.20. The van der Waals surface area contributed by atoms with Crippen LogP contribution < -0.4 is 4.74 Å². The van der Waals surface area contributed by atoms with Crippen LogP contribution in [0, 0.1) is 5.92 Å². The lowest BCUT2D eigenvalue weighted by molar-refractivity contribution is -0.135. The molecular formula is C20H28N2O3. The van der Waals surface area contributed by atoms with E-state index in [4.69, 9.17) is 4.74 Å². The highest BCUT2D eigenvalue weighted by atomic mass is 16.5. The van der Waals surface area contributed by atoms with Gasteiger partial charge in [0, 0.05) is 38.1 Å². The quantitative estimate of drug-likeness (QED) is 0.906. The van der Waals surface area contributed by atoms with Crippen molar-refractivity contribution < 1.29 is 14.6 Å². The van der Waals surface area contributed by atoms with E-state index >= 15 is 0 Å². The number of carbonyl (C=O) groups is 1. The number of piperazine rings is 1. The number of carbonyl (C=O) groups excluding carboxylic acids is 1. The first-order chi connectivity index (χ1) is 12.2. The van der Waals surface area contributed by atoms with Gasteiger partial charge in [-0.2, -0.15) is 0 Å². The summed E-state index contributed by atoms with van der Waals surface area (Å²) >= 11 is 0. The van der Waals surface area contributed by atoms with Crippen molar-refractivity contribution in [3.8, 4) is 5.75 Å². The van der Waals surface area contributed by atoms with Crippen molar-refractivity contribution in [2.75, 3.05) is 33.3 Å². The molecule has 4 rings (SSSR count). The molecule has 3 aliphatic rings. The molecule has 1 aliphatic heterocycles. The maximum atomic E-state index is 12.8. The molecular weight excluding hydrogens is 316 g/mol. The normalized spacial score (nSPS) is 32.6. The molecule has 0 unspecified atom stereocenters. The first-order valence-corrected chi connectivity index (χ1v) is 9.52. The maximum absolute atomic E-state index is 12.8. The van der Waals surface area contributed by atoms with Crippen molar-refractivity contribution in [2.24, 2.45) is 5.92 Å². The van der Waals surface area contributed by atoms with Crippen molar-refractivity contribution in [2.45, 2.75) is 43.7 Å². The Morgan fingerprint density at radius 2 is 1.84 bits per heavy atom. The Labute approximate surface area is 149 Å². The van der Waals surface area contributed by atoms with Crippen LogP contribution in [0.15, 0.2) is 24.3 Å². The van der Waals surface area contributed by atoms with Crippen LogP contribution in [0.1, 0.15) is 37.2 Å². The highest BCUT2D eigenvalue weighted by Gasteiger charge is 2.46. The predicted octanol–water partition coefficient (Wildman–Crippen LogP) is 1.86. The topological polar surface area (TPSA) is 53.0 Å². The molecule has 0 aromatic heterocycles. The lowest BCUT2D eigenvalue weighted by atomic mass is 10.1. The summed E-state index contributed by atoms with van der Waals surface area (Å²) in [5, 5.41) is 10.1. The number of hydrogen-bond donors (Lipinski definition) is 1. The van der Waals surface area contributed by atoms with Crippen LogP contribution in [-0.2, 0) is 4.79 Å². The molecule has 0 spiro atoms. The number of hydrogen-bond acceptors (Lipinski definition) is 4. The molecule has 1 aromatic rings. The van der Waals surface area contributed by atoms with Gasteiger partial charge >= 0.3 is 0 Å². The summed E-state index contributed by atoms with van der Waals surface area (Å²) in [6, 6.07) is 8.42. The lowest BCUT2D eigenvalue weighted by Crippen LogP contribution is -2.54. The highest BCUT2D eigenvalue weighted by Crippen LogP contribution is 2.48. The van der Waals surface area contributed by atoms with E-state index in [1.165, 1.54) is 5.56 Å². The number of benzene rings is 1. The van der Waals surface area contributed by atoms with Crippen molar-refractivity contribution in [1.82, 2.24) is 9.80 Å². The molecule has 0 bridgehead atoms. The second-order valence-electron chi connectivity index (χ2n) is 7.65. The van der Waals surface area contributed by atoms with Crippen molar-refractivity contribution in [3.05, 3.63) is 29.8 Å². The summed E-state index contributed by atoms with van der Waals surface area (Å²) in [4.78, 5) is 17.2. The van der Waals surface area contributed by atoms with Crippen LogP contribution >= 0.6 is 0 Å². The third-order valence-electron chi connectivity index (χ3n) is 6.19. The zero-order chi connectivity index (χ0) is 17.4. The van der Waals surface area contributed by atoms with E-state index in [1.54, 1.807) is 7.11 Å². The fourth-order valence-corrected chi connectivity index (χ4v) is 4.54. The minimum Gasteiger partial charge on any atom is -0.497 e. The van der Waals surface area contributed by atoms with Crippen LogP contribution in [0.2, 0.25) is 0 Å². The summed E-state index contributed by atoms with van der Waals surface area (Å²) in [6.07, 6.45) is 3.93. The van der Waals surface area contributed by atoms with Crippen LogP contribution in [0.5, 0.6) is 5.75 Å². The van der Waals surface area contributed by atoms with E-state index < -0.39 is 0 Å². The molecule has 1 amide bonds.